The summed E-state index contributed by atoms with van der Waals surface area (Å²) in [7, 11) is 0. The van der Waals surface area contributed by atoms with Gasteiger partial charge >= 0.3 is 11.4 Å². The number of rotatable bonds is 11. The maximum absolute atomic E-state index is 11.6. The van der Waals surface area contributed by atoms with Gasteiger partial charge in [0.1, 0.15) is 0 Å². The number of para-hydroxylation sites is 4. The van der Waals surface area contributed by atoms with Gasteiger partial charge in [-0.3, -0.25) is 29.8 Å². The molecule has 0 atom stereocenters. The third-order valence-electron chi connectivity index (χ3n) is 3.44. The first-order chi connectivity index (χ1) is 15.4. The quantitative estimate of drug-likeness (QED) is 0.293. The lowest BCUT2D eigenvalue weighted by atomic mass is 10.3. The zero-order chi connectivity index (χ0) is 23.3. The third kappa shape index (κ3) is 7.51. The molecule has 0 aliphatic carbocycles. The molecule has 2 aromatic rings. The van der Waals surface area contributed by atoms with Crippen molar-refractivity contribution in [1.29, 1.82) is 0 Å². The Bertz CT molecular complexity index is 972. The average Bonchev–Trinajstić information content (AvgIpc) is 2.78. The first kappa shape index (κ1) is 23.4. The fourth-order valence-electron chi connectivity index (χ4n) is 2.10. The summed E-state index contributed by atoms with van der Waals surface area (Å²) < 4.78 is 10.2. The topological polar surface area (TPSA) is 188 Å². The number of nitrogens with one attached hydrogen (secondary N) is 2. The van der Waals surface area contributed by atoms with Crippen molar-refractivity contribution in [1.82, 2.24) is 10.9 Å². The van der Waals surface area contributed by atoms with Gasteiger partial charge in [0, 0.05) is 12.1 Å². The number of hydrogen-bond acceptors (Lipinski definition) is 10. The first-order valence-corrected chi connectivity index (χ1v) is 8.73. The lowest BCUT2D eigenvalue weighted by Crippen LogP contribution is -2.25. The molecule has 0 aromatic heterocycles. The number of ether oxygens (including phenoxy) is 2. The second-order valence-corrected chi connectivity index (χ2v) is 5.65. The van der Waals surface area contributed by atoms with Gasteiger partial charge in [0.2, 0.25) is 0 Å². The van der Waals surface area contributed by atoms with Crippen LogP contribution in [-0.2, 0) is 9.59 Å². The molecule has 0 saturated carbocycles. The Morgan fingerprint density at radius 2 is 1.16 bits per heavy atom. The van der Waals surface area contributed by atoms with Crippen molar-refractivity contribution < 1.29 is 28.9 Å². The van der Waals surface area contributed by atoms with Gasteiger partial charge in [-0.05, 0) is 12.1 Å². The van der Waals surface area contributed by atoms with E-state index in [1.807, 2.05) is 0 Å². The van der Waals surface area contributed by atoms with E-state index >= 15 is 0 Å². The molecule has 0 saturated heterocycles. The summed E-state index contributed by atoms with van der Waals surface area (Å²) in [6.45, 7) is -1.03. The minimum absolute atomic E-state index is 0.0658. The number of nitro benzene ring substituents is 2. The highest BCUT2D eigenvalue weighted by molar-refractivity contribution is 6.16. The van der Waals surface area contributed by atoms with Gasteiger partial charge in [0.15, 0.2) is 24.7 Å². The van der Waals surface area contributed by atoms with Crippen molar-refractivity contribution in [3.63, 3.8) is 0 Å². The Morgan fingerprint density at radius 3 is 1.53 bits per heavy atom. The molecule has 0 bridgehead atoms. The molecule has 2 rings (SSSR count). The maximum atomic E-state index is 11.6. The SMILES string of the molecule is O=C(COc1ccccc1[N+](=O)[O-])NN=CC=NNC(=O)COc1ccccc1[N+](=O)[O-]. The van der Waals surface area contributed by atoms with E-state index in [1.165, 1.54) is 48.5 Å². The maximum Gasteiger partial charge on any atom is 0.310 e. The fraction of sp³-hybridized carbons (Fsp3) is 0.111. The van der Waals surface area contributed by atoms with Gasteiger partial charge in [0.05, 0.1) is 22.3 Å². The monoisotopic (exact) mass is 444 g/mol. The van der Waals surface area contributed by atoms with Crippen molar-refractivity contribution in [2.24, 2.45) is 10.2 Å². The number of nitrogens with zero attached hydrogens (tertiary/aromatic N) is 4. The van der Waals surface area contributed by atoms with E-state index in [-0.39, 0.29) is 22.9 Å². The Labute approximate surface area is 179 Å². The van der Waals surface area contributed by atoms with Gasteiger partial charge in [-0.2, -0.15) is 10.2 Å². The highest BCUT2D eigenvalue weighted by atomic mass is 16.6. The molecular weight excluding hydrogens is 428 g/mol. The molecular formula is C18H16N6O8. The summed E-state index contributed by atoms with van der Waals surface area (Å²) in [6.07, 6.45) is 2.10. The standard InChI is InChI=1S/C18H16N6O8/c25-17(11-31-15-7-3-1-5-13(15)23(27)28)21-19-9-10-20-22-18(26)12-32-16-8-4-2-6-14(16)24(29)30/h1-10H,11-12H2,(H,21,25)(H,22,26). The number of hydrazone groups is 2. The predicted molar refractivity (Wildman–Crippen MR) is 110 cm³/mol. The molecule has 2 N–H and O–H groups in total. The minimum Gasteiger partial charge on any atom is -0.477 e. The zero-order valence-electron chi connectivity index (χ0n) is 16.2. The third-order valence-corrected chi connectivity index (χ3v) is 3.44. The van der Waals surface area contributed by atoms with Crippen molar-refractivity contribution in [3.05, 3.63) is 68.8 Å². The fourth-order valence-corrected chi connectivity index (χ4v) is 2.10. The molecule has 14 heteroatoms. The Balaban J connectivity index is 1.69. The zero-order valence-corrected chi connectivity index (χ0v) is 16.2. The van der Waals surface area contributed by atoms with Crippen LogP contribution in [0.15, 0.2) is 58.7 Å². The van der Waals surface area contributed by atoms with Crippen LogP contribution in [0.25, 0.3) is 0 Å². The van der Waals surface area contributed by atoms with Gasteiger partial charge in [-0.25, -0.2) is 10.9 Å². The van der Waals surface area contributed by atoms with Crippen LogP contribution in [-0.4, -0.2) is 47.3 Å². The largest absolute Gasteiger partial charge is 0.477 e. The smallest absolute Gasteiger partial charge is 0.310 e. The van der Waals surface area contributed by atoms with E-state index in [2.05, 4.69) is 21.1 Å². The lowest BCUT2D eigenvalue weighted by Gasteiger charge is -2.05. The number of nitro groups is 2. The summed E-state index contributed by atoms with van der Waals surface area (Å²) >= 11 is 0. The Morgan fingerprint density at radius 1 is 0.781 bits per heavy atom. The van der Waals surface area contributed by atoms with Crippen LogP contribution in [0, 0.1) is 20.2 Å². The molecule has 166 valence electrons. The summed E-state index contributed by atoms with van der Waals surface area (Å²) in [6, 6.07) is 11.2. The molecule has 0 fully saturated rings. The van der Waals surface area contributed by atoms with Crippen molar-refractivity contribution >= 4 is 35.6 Å². The molecule has 0 unspecified atom stereocenters. The van der Waals surface area contributed by atoms with E-state index in [9.17, 15) is 29.8 Å². The van der Waals surface area contributed by atoms with Crippen LogP contribution in [0.5, 0.6) is 11.5 Å². The van der Waals surface area contributed by atoms with E-state index in [4.69, 9.17) is 9.47 Å². The van der Waals surface area contributed by atoms with Gasteiger partial charge in [0.25, 0.3) is 11.8 Å². The van der Waals surface area contributed by atoms with Crippen molar-refractivity contribution in [3.8, 4) is 11.5 Å². The van der Waals surface area contributed by atoms with Crippen molar-refractivity contribution in [2.45, 2.75) is 0 Å². The van der Waals surface area contributed by atoms with Gasteiger partial charge < -0.3 is 9.47 Å². The van der Waals surface area contributed by atoms with Crippen LogP contribution in [0.2, 0.25) is 0 Å². The molecule has 2 aromatic carbocycles. The normalized spacial score (nSPS) is 10.6. The first-order valence-electron chi connectivity index (χ1n) is 8.73. The molecule has 0 heterocycles. The molecule has 0 aliphatic rings. The van der Waals surface area contributed by atoms with E-state index in [0.717, 1.165) is 12.4 Å². The summed E-state index contributed by atoms with van der Waals surface area (Å²) in [4.78, 5) is 43.7. The van der Waals surface area contributed by atoms with Crippen molar-refractivity contribution in [2.75, 3.05) is 13.2 Å². The predicted octanol–water partition coefficient (Wildman–Crippen LogP) is 1.16. The van der Waals surface area contributed by atoms with Crippen LogP contribution < -0.4 is 20.3 Å². The number of amides is 2. The van der Waals surface area contributed by atoms with E-state index in [1.54, 1.807) is 0 Å². The molecule has 14 nitrogen and oxygen atoms in total. The molecule has 0 aliphatic heterocycles. The summed E-state index contributed by atoms with van der Waals surface area (Å²) in [5.41, 5.74) is 3.63. The molecule has 0 radical (unpaired) electrons. The van der Waals surface area contributed by atoms with E-state index in [0.29, 0.717) is 0 Å². The Kier molecular flexibility index (Phi) is 8.75. The van der Waals surface area contributed by atoms with Crippen LogP contribution in [0.3, 0.4) is 0 Å². The van der Waals surface area contributed by atoms with E-state index < -0.39 is 34.9 Å². The van der Waals surface area contributed by atoms with Crippen LogP contribution in [0.1, 0.15) is 0 Å². The number of hydrogen-bond donors (Lipinski definition) is 2. The van der Waals surface area contributed by atoms with Crippen LogP contribution in [0.4, 0.5) is 11.4 Å². The lowest BCUT2D eigenvalue weighted by molar-refractivity contribution is -0.386. The second kappa shape index (κ2) is 12.0. The highest BCUT2D eigenvalue weighted by Gasteiger charge is 2.15. The van der Waals surface area contributed by atoms with Gasteiger partial charge in [-0.15, -0.1) is 0 Å². The number of carbonyl (C=O) groups excluding carboxylic acids is 2. The molecule has 2 amide bonds. The summed E-state index contributed by atoms with van der Waals surface area (Å²) in [5, 5.41) is 28.8. The highest BCUT2D eigenvalue weighted by Crippen LogP contribution is 2.26. The number of benzene rings is 2. The number of carbonyl (C=O) groups is 2. The second-order valence-electron chi connectivity index (χ2n) is 5.65. The minimum atomic E-state index is -0.685. The van der Waals surface area contributed by atoms with Crippen LogP contribution >= 0.6 is 0 Å². The Hall–Kier alpha value is -4.88. The molecule has 32 heavy (non-hydrogen) atoms. The molecule has 0 spiro atoms. The average molecular weight is 444 g/mol. The van der Waals surface area contributed by atoms with Gasteiger partial charge in [-0.1, -0.05) is 24.3 Å². The summed E-state index contributed by atoms with van der Waals surface area (Å²) in [5.74, 6) is -1.50.